The monoisotopic (exact) mass is 172 g/mol. The van der Waals surface area contributed by atoms with Crippen molar-refractivity contribution in [2.75, 3.05) is 13.1 Å². The molecular formula is C7H12N2O3. The molecule has 0 aliphatic heterocycles. The van der Waals surface area contributed by atoms with Gasteiger partial charge in [-0.25, -0.2) is 0 Å². The van der Waals surface area contributed by atoms with E-state index in [-0.39, 0.29) is 25.9 Å². The van der Waals surface area contributed by atoms with E-state index in [4.69, 9.17) is 11.5 Å². The summed E-state index contributed by atoms with van der Waals surface area (Å²) < 4.78 is 0. The van der Waals surface area contributed by atoms with Crippen LogP contribution in [0, 0.1) is 0 Å². The number of carbonyl (C=O) groups is 3. The van der Waals surface area contributed by atoms with Crippen molar-refractivity contribution < 1.29 is 14.4 Å². The minimum atomic E-state index is -0.981. The van der Waals surface area contributed by atoms with Gasteiger partial charge in [0.05, 0.1) is 0 Å². The van der Waals surface area contributed by atoms with E-state index in [1.807, 2.05) is 0 Å². The zero-order chi connectivity index (χ0) is 9.56. The number of Topliss-reactive ketones (excluding diaryl/α,β-unsaturated/α-hetero) is 3. The van der Waals surface area contributed by atoms with Gasteiger partial charge in [-0.15, -0.1) is 0 Å². The SMILES string of the molecule is NCCC(=O)C(=O)C(=O)CCN. The largest absolute Gasteiger partial charge is 0.330 e. The fraction of sp³-hybridized carbons (Fsp3) is 0.571. The predicted octanol–water partition coefficient (Wildman–Crippen LogP) is -1.61. The van der Waals surface area contributed by atoms with Gasteiger partial charge in [0, 0.05) is 12.8 Å². The molecule has 5 nitrogen and oxygen atoms in total. The molecule has 0 radical (unpaired) electrons. The number of carbonyl (C=O) groups excluding carboxylic acids is 3. The third kappa shape index (κ3) is 3.36. The van der Waals surface area contributed by atoms with E-state index in [0.717, 1.165) is 0 Å². The van der Waals surface area contributed by atoms with Crippen molar-refractivity contribution in [3.63, 3.8) is 0 Å². The Bertz CT molecular complexity index is 181. The molecule has 0 bridgehead atoms. The third-order valence-electron chi connectivity index (χ3n) is 1.25. The van der Waals surface area contributed by atoms with Gasteiger partial charge in [-0.05, 0) is 13.1 Å². The summed E-state index contributed by atoms with van der Waals surface area (Å²) in [6.45, 7) is 0.168. The number of hydrogen-bond acceptors (Lipinski definition) is 5. The smallest absolute Gasteiger partial charge is 0.264 e. The van der Waals surface area contributed by atoms with Crippen molar-refractivity contribution >= 4 is 17.3 Å². The molecule has 0 unspecified atom stereocenters. The maximum absolute atomic E-state index is 10.8. The maximum atomic E-state index is 10.8. The summed E-state index contributed by atoms with van der Waals surface area (Å²) in [5.41, 5.74) is 10.1. The molecule has 0 aromatic heterocycles. The highest BCUT2D eigenvalue weighted by Crippen LogP contribution is 1.88. The van der Waals surface area contributed by atoms with Crippen molar-refractivity contribution in [1.29, 1.82) is 0 Å². The molecule has 4 N–H and O–H groups in total. The molecule has 0 heterocycles. The quantitative estimate of drug-likeness (QED) is 0.370. The Kier molecular flexibility index (Phi) is 5.07. The second-order valence-corrected chi connectivity index (χ2v) is 2.25. The Balaban J connectivity index is 4.01. The van der Waals surface area contributed by atoms with E-state index in [9.17, 15) is 14.4 Å². The van der Waals surface area contributed by atoms with E-state index < -0.39 is 17.3 Å². The van der Waals surface area contributed by atoms with Gasteiger partial charge in [0.25, 0.3) is 5.78 Å². The summed E-state index contributed by atoms with van der Waals surface area (Å²) in [6, 6.07) is 0. The first-order chi connectivity index (χ1) is 5.63. The van der Waals surface area contributed by atoms with Crippen LogP contribution in [0.1, 0.15) is 12.8 Å². The topological polar surface area (TPSA) is 103 Å². The van der Waals surface area contributed by atoms with Crippen molar-refractivity contribution in [3.05, 3.63) is 0 Å². The average molecular weight is 172 g/mol. The van der Waals surface area contributed by atoms with Crippen molar-refractivity contribution in [1.82, 2.24) is 0 Å². The molecular weight excluding hydrogens is 160 g/mol. The number of nitrogens with two attached hydrogens (primary N) is 2. The number of hydrogen-bond donors (Lipinski definition) is 2. The Morgan fingerprint density at radius 1 is 0.833 bits per heavy atom. The molecule has 0 rings (SSSR count). The second kappa shape index (κ2) is 5.56. The summed E-state index contributed by atoms with van der Waals surface area (Å²) in [5.74, 6) is -2.43. The van der Waals surface area contributed by atoms with Crippen LogP contribution in [-0.4, -0.2) is 30.4 Å². The normalized spacial score (nSPS) is 9.50. The van der Waals surface area contributed by atoms with Gasteiger partial charge in [-0.2, -0.15) is 0 Å². The molecule has 0 aromatic rings. The van der Waals surface area contributed by atoms with Gasteiger partial charge in [-0.3, -0.25) is 14.4 Å². The van der Waals surface area contributed by atoms with E-state index >= 15 is 0 Å². The van der Waals surface area contributed by atoms with Crippen LogP contribution in [0.25, 0.3) is 0 Å². The Hall–Kier alpha value is -1.07. The van der Waals surface area contributed by atoms with Crippen LogP contribution in [0.5, 0.6) is 0 Å². The van der Waals surface area contributed by atoms with Gasteiger partial charge in [0.15, 0.2) is 0 Å². The lowest BCUT2D eigenvalue weighted by Gasteiger charge is -1.95. The van der Waals surface area contributed by atoms with Crippen molar-refractivity contribution in [2.24, 2.45) is 11.5 Å². The number of rotatable bonds is 6. The zero-order valence-electron chi connectivity index (χ0n) is 6.71. The molecule has 0 spiro atoms. The van der Waals surface area contributed by atoms with Crippen LogP contribution in [-0.2, 0) is 14.4 Å². The molecule has 0 saturated heterocycles. The van der Waals surface area contributed by atoms with Crippen molar-refractivity contribution in [3.8, 4) is 0 Å². The minimum absolute atomic E-state index is 0.0743. The Morgan fingerprint density at radius 3 is 1.42 bits per heavy atom. The van der Waals surface area contributed by atoms with Crippen LogP contribution < -0.4 is 11.5 Å². The van der Waals surface area contributed by atoms with Crippen LogP contribution >= 0.6 is 0 Å². The average Bonchev–Trinajstić information content (AvgIpc) is 2.04. The van der Waals surface area contributed by atoms with Gasteiger partial charge in [-0.1, -0.05) is 0 Å². The predicted molar refractivity (Wildman–Crippen MR) is 42.4 cm³/mol. The van der Waals surface area contributed by atoms with E-state index in [0.29, 0.717) is 0 Å². The lowest BCUT2D eigenvalue weighted by molar-refractivity contribution is -0.143. The van der Waals surface area contributed by atoms with Crippen LogP contribution in [0.3, 0.4) is 0 Å². The highest BCUT2D eigenvalue weighted by Gasteiger charge is 2.20. The maximum Gasteiger partial charge on any atom is 0.264 e. The Labute approximate surface area is 70.1 Å². The molecule has 0 aromatic carbocycles. The molecule has 0 fully saturated rings. The molecule has 12 heavy (non-hydrogen) atoms. The summed E-state index contributed by atoms with van der Waals surface area (Å²) in [6.07, 6.45) is -0.149. The van der Waals surface area contributed by atoms with E-state index in [1.165, 1.54) is 0 Å². The van der Waals surface area contributed by atoms with Crippen LogP contribution in [0.4, 0.5) is 0 Å². The Morgan fingerprint density at radius 2 is 1.17 bits per heavy atom. The fourth-order valence-electron chi connectivity index (χ4n) is 0.645. The minimum Gasteiger partial charge on any atom is -0.330 e. The molecule has 0 amide bonds. The van der Waals surface area contributed by atoms with E-state index in [2.05, 4.69) is 0 Å². The lowest BCUT2D eigenvalue weighted by atomic mass is 10.1. The summed E-state index contributed by atoms with van der Waals surface area (Å²) in [7, 11) is 0. The van der Waals surface area contributed by atoms with Gasteiger partial charge in [0.1, 0.15) is 0 Å². The highest BCUT2D eigenvalue weighted by molar-refractivity contribution is 6.63. The summed E-state index contributed by atoms with van der Waals surface area (Å²) in [5, 5.41) is 0. The molecule has 68 valence electrons. The summed E-state index contributed by atoms with van der Waals surface area (Å²) >= 11 is 0. The molecule has 0 atom stereocenters. The van der Waals surface area contributed by atoms with Gasteiger partial charge >= 0.3 is 0 Å². The molecule has 0 saturated carbocycles. The summed E-state index contributed by atoms with van der Waals surface area (Å²) in [4.78, 5) is 32.3. The fourth-order valence-corrected chi connectivity index (χ4v) is 0.645. The second-order valence-electron chi connectivity index (χ2n) is 2.25. The lowest BCUT2D eigenvalue weighted by Crippen LogP contribution is -2.27. The zero-order valence-corrected chi connectivity index (χ0v) is 6.71. The van der Waals surface area contributed by atoms with Crippen LogP contribution in [0.2, 0.25) is 0 Å². The number of ketones is 3. The van der Waals surface area contributed by atoms with Crippen molar-refractivity contribution in [2.45, 2.75) is 12.8 Å². The third-order valence-corrected chi connectivity index (χ3v) is 1.25. The molecule has 0 aliphatic rings. The molecule has 0 aliphatic carbocycles. The first-order valence-corrected chi connectivity index (χ1v) is 3.64. The van der Waals surface area contributed by atoms with Crippen LogP contribution in [0.15, 0.2) is 0 Å². The van der Waals surface area contributed by atoms with Gasteiger partial charge in [0.2, 0.25) is 11.6 Å². The molecule has 5 heteroatoms. The first-order valence-electron chi connectivity index (χ1n) is 3.64. The highest BCUT2D eigenvalue weighted by atomic mass is 16.2. The first kappa shape index (κ1) is 10.9. The standard InChI is InChI=1S/C7H12N2O3/c8-3-1-5(10)7(12)6(11)2-4-9/h1-4,8-9H2. The van der Waals surface area contributed by atoms with Gasteiger partial charge < -0.3 is 11.5 Å². The van der Waals surface area contributed by atoms with E-state index in [1.54, 1.807) is 0 Å².